The van der Waals surface area contributed by atoms with E-state index in [9.17, 15) is 4.79 Å². The van der Waals surface area contributed by atoms with Crippen LogP contribution in [0, 0.1) is 6.57 Å². The minimum Gasteiger partial charge on any atom is -0.460 e. The Morgan fingerprint density at radius 2 is 2.62 bits per heavy atom. The van der Waals surface area contributed by atoms with E-state index in [1.807, 2.05) is 0 Å². The van der Waals surface area contributed by atoms with E-state index < -0.39 is 6.04 Å². The van der Waals surface area contributed by atoms with E-state index in [0.29, 0.717) is 13.0 Å². The highest BCUT2D eigenvalue weighted by Gasteiger charge is 2.34. The average Bonchev–Trinajstić information content (AvgIpc) is 2.14. The fourth-order valence-corrected chi connectivity index (χ4v) is 0.621. The average molecular weight is 112 g/mol. The molecule has 1 aliphatic rings. The maximum atomic E-state index is 10.4. The third-order valence-corrected chi connectivity index (χ3v) is 1.09. The SMILES string of the molecule is C#[N+]C1CCOC1=O. The van der Waals surface area contributed by atoms with Crippen molar-refractivity contribution >= 4 is 5.97 Å². The molecule has 8 heavy (non-hydrogen) atoms. The number of rotatable bonds is 0. The Hall–Kier alpha value is -1.04. The van der Waals surface area contributed by atoms with E-state index in [0.717, 1.165) is 0 Å². The lowest BCUT2D eigenvalue weighted by molar-refractivity contribution is -0.138. The van der Waals surface area contributed by atoms with Gasteiger partial charge in [-0.2, -0.15) is 0 Å². The fourth-order valence-electron chi connectivity index (χ4n) is 0.621. The van der Waals surface area contributed by atoms with Gasteiger partial charge in [0.1, 0.15) is 0 Å². The molecule has 0 amide bonds. The molecule has 1 unspecified atom stereocenters. The molecule has 0 aromatic carbocycles. The first-order chi connectivity index (χ1) is 3.84. The predicted molar refractivity (Wildman–Crippen MR) is 27.7 cm³/mol. The zero-order chi connectivity index (χ0) is 5.98. The Morgan fingerprint density at radius 3 is 2.88 bits per heavy atom. The lowest BCUT2D eigenvalue weighted by Crippen LogP contribution is -2.07. The molecule has 3 heteroatoms. The van der Waals surface area contributed by atoms with Gasteiger partial charge in [-0.3, -0.25) is 0 Å². The van der Waals surface area contributed by atoms with Gasteiger partial charge in [0.15, 0.2) is 0 Å². The first-order valence-electron chi connectivity index (χ1n) is 2.41. The molecule has 1 atom stereocenters. The Morgan fingerprint density at radius 1 is 1.88 bits per heavy atom. The summed E-state index contributed by atoms with van der Waals surface area (Å²) in [5.41, 5.74) is 0. The lowest BCUT2D eigenvalue weighted by atomic mass is 10.3. The molecule has 0 N–H and O–H groups in total. The summed E-state index contributed by atoms with van der Waals surface area (Å²) < 4.78 is 4.54. The maximum Gasteiger partial charge on any atom is 0.395 e. The molecular weight excluding hydrogens is 106 g/mol. The molecule has 42 valence electrons. The zero-order valence-corrected chi connectivity index (χ0v) is 4.33. The Balaban J connectivity index is 2.58. The standard InChI is InChI=1S/C5H6NO2/c1-6-4-2-3-8-5(4)7/h1,4H,2-3H2/q+1. The molecule has 0 aliphatic carbocycles. The van der Waals surface area contributed by atoms with Crippen molar-refractivity contribution in [2.24, 2.45) is 0 Å². The summed E-state index contributed by atoms with van der Waals surface area (Å²) in [4.78, 5) is 13.7. The van der Waals surface area contributed by atoms with Gasteiger partial charge in [-0.1, -0.05) is 4.85 Å². The summed E-state index contributed by atoms with van der Waals surface area (Å²) in [5.74, 6) is -0.299. The van der Waals surface area contributed by atoms with E-state index >= 15 is 0 Å². The van der Waals surface area contributed by atoms with Gasteiger partial charge >= 0.3 is 12.0 Å². The van der Waals surface area contributed by atoms with Crippen molar-refractivity contribution in [1.29, 1.82) is 0 Å². The van der Waals surface area contributed by atoms with Gasteiger partial charge < -0.3 is 4.74 Å². The van der Waals surface area contributed by atoms with Crippen molar-refractivity contribution < 1.29 is 9.53 Å². The summed E-state index contributed by atoms with van der Waals surface area (Å²) in [6.07, 6.45) is 0.634. The first-order valence-corrected chi connectivity index (χ1v) is 2.41. The van der Waals surface area contributed by atoms with Crippen molar-refractivity contribution in [3.05, 3.63) is 4.85 Å². The second-order valence-electron chi connectivity index (χ2n) is 1.62. The van der Waals surface area contributed by atoms with Gasteiger partial charge in [-0.25, -0.2) is 4.79 Å². The second-order valence-corrected chi connectivity index (χ2v) is 1.62. The predicted octanol–water partition coefficient (Wildman–Crippen LogP) is 0.265. The molecule has 0 aromatic heterocycles. The highest BCUT2D eigenvalue weighted by atomic mass is 16.5. The number of nitrogens with zero attached hydrogens (tertiary/aromatic N) is 1. The molecular formula is C5H6NO2+. The highest BCUT2D eigenvalue weighted by molar-refractivity contribution is 5.79. The minimum absolute atomic E-state index is 0.299. The number of hydrogen-bond donors (Lipinski definition) is 0. The molecule has 0 bridgehead atoms. The van der Waals surface area contributed by atoms with Crippen LogP contribution >= 0.6 is 0 Å². The van der Waals surface area contributed by atoms with Gasteiger partial charge in [0.25, 0.3) is 6.57 Å². The summed E-state index contributed by atoms with van der Waals surface area (Å²) in [6.45, 7) is 5.31. The number of hydrogen-bond acceptors (Lipinski definition) is 2. The van der Waals surface area contributed by atoms with Crippen molar-refractivity contribution in [1.82, 2.24) is 0 Å². The number of carbonyl (C=O) groups excluding carboxylic acids is 1. The zero-order valence-electron chi connectivity index (χ0n) is 4.33. The van der Waals surface area contributed by atoms with Crippen LogP contribution in [0.1, 0.15) is 6.42 Å². The van der Waals surface area contributed by atoms with Crippen LogP contribution < -0.4 is 0 Å². The molecule has 0 saturated carbocycles. The van der Waals surface area contributed by atoms with E-state index in [1.165, 1.54) is 0 Å². The van der Waals surface area contributed by atoms with Crippen LogP contribution in [0.4, 0.5) is 0 Å². The number of ether oxygens (including phenoxy) is 1. The molecule has 0 aromatic rings. The van der Waals surface area contributed by atoms with Gasteiger partial charge in [-0.05, 0) is 0 Å². The Labute approximate surface area is 47.1 Å². The first kappa shape index (κ1) is 5.10. The summed E-state index contributed by atoms with van der Waals surface area (Å²) in [6, 6.07) is -0.394. The number of esters is 1. The summed E-state index contributed by atoms with van der Waals surface area (Å²) in [7, 11) is 0. The molecule has 3 nitrogen and oxygen atoms in total. The quantitative estimate of drug-likeness (QED) is 0.421. The molecule has 1 aliphatic heterocycles. The van der Waals surface area contributed by atoms with Crippen LogP contribution in [-0.4, -0.2) is 18.6 Å². The smallest absolute Gasteiger partial charge is 0.395 e. The molecule has 1 fully saturated rings. The molecule has 1 saturated heterocycles. The van der Waals surface area contributed by atoms with Crippen LogP contribution in [0.5, 0.6) is 0 Å². The summed E-state index contributed by atoms with van der Waals surface area (Å²) >= 11 is 0. The van der Waals surface area contributed by atoms with Crippen molar-refractivity contribution in [3.63, 3.8) is 0 Å². The minimum atomic E-state index is -0.394. The third-order valence-electron chi connectivity index (χ3n) is 1.09. The van der Waals surface area contributed by atoms with Crippen LogP contribution in [0.2, 0.25) is 0 Å². The van der Waals surface area contributed by atoms with Gasteiger partial charge in [0, 0.05) is 0 Å². The summed E-state index contributed by atoms with van der Waals surface area (Å²) in [5, 5.41) is 0. The van der Waals surface area contributed by atoms with Crippen molar-refractivity contribution in [3.8, 4) is 6.57 Å². The lowest BCUT2D eigenvalue weighted by Gasteiger charge is -1.80. The highest BCUT2D eigenvalue weighted by Crippen LogP contribution is 2.08. The Kier molecular flexibility index (Phi) is 1.17. The van der Waals surface area contributed by atoms with E-state index in [2.05, 4.69) is 9.58 Å². The maximum absolute atomic E-state index is 10.4. The van der Waals surface area contributed by atoms with Crippen molar-refractivity contribution in [2.75, 3.05) is 6.61 Å². The van der Waals surface area contributed by atoms with Gasteiger partial charge in [-0.15, -0.1) is 0 Å². The van der Waals surface area contributed by atoms with Crippen LogP contribution in [0.15, 0.2) is 0 Å². The van der Waals surface area contributed by atoms with E-state index in [1.54, 1.807) is 0 Å². The number of carbonyl (C=O) groups is 1. The second kappa shape index (κ2) is 1.83. The van der Waals surface area contributed by atoms with E-state index in [-0.39, 0.29) is 5.97 Å². The molecule has 0 spiro atoms. The van der Waals surface area contributed by atoms with Crippen LogP contribution in [0.3, 0.4) is 0 Å². The number of cyclic esters (lactones) is 1. The topological polar surface area (TPSA) is 30.7 Å². The van der Waals surface area contributed by atoms with Crippen molar-refractivity contribution in [2.45, 2.75) is 12.5 Å². The Bertz CT molecular complexity index is 147. The fraction of sp³-hybridized carbons (Fsp3) is 0.600. The largest absolute Gasteiger partial charge is 0.460 e. The normalized spacial score (nSPS) is 26.9. The van der Waals surface area contributed by atoms with E-state index in [4.69, 9.17) is 6.57 Å². The molecule has 1 rings (SSSR count). The van der Waals surface area contributed by atoms with Crippen LogP contribution in [0.25, 0.3) is 4.85 Å². The van der Waals surface area contributed by atoms with Gasteiger partial charge in [0.2, 0.25) is 0 Å². The molecule has 0 radical (unpaired) electrons. The van der Waals surface area contributed by atoms with Gasteiger partial charge in [0.05, 0.1) is 13.0 Å². The van der Waals surface area contributed by atoms with Crippen LogP contribution in [-0.2, 0) is 9.53 Å². The monoisotopic (exact) mass is 112 g/mol. The molecule has 1 heterocycles. The third kappa shape index (κ3) is 0.648.